The average Bonchev–Trinajstić information content (AvgIpc) is 2.98. The van der Waals surface area contributed by atoms with Crippen LogP contribution in [0.2, 0.25) is 0 Å². The van der Waals surface area contributed by atoms with E-state index in [2.05, 4.69) is 15.6 Å². The SMILES string of the molecule is CCN(CC(=O)O)C1CC(NC(=O)NCc2cn3c(C)cccc3n2)C1. The standard InChI is InChI=1S/C18H25N5O3/c1-3-22(11-17(24)25)15-7-13(8-15)21-18(26)19-9-14-10-23-12(2)5-4-6-16(23)20-14/h4-6,10,13,15H,3,7-9,11H2,1-2H3,(H,24,25)(H2,19,21,26). The highest BCUT2D eigenvalue weighted by molar-refractivity contribution is 5.74. The summed E-state index contributed by atoms with van der Waals surface area (Å²) in [6, 6.07) is 5.99. The maximum Gasteiger partial charge on any atom is 0.317 e. The fraction of sp³-hybridized carbons (Fsp3) is 0.500. The number of carboxylic acid groups (broad SMARTS) is 1. The fourth-order valence-corrected chi connectivity index (χ4v) is 3.37. The molecule has 1 fully saturated rings. The van der Waals surface area contributed by atoms with Gasteiger partial charge < -0.3 is 20.1 Å². The Morgan fingerprint density at radius 1 is 1.38 bits per heavy atom. The Hall–Kier alpha value is -2.61. The van der Waals surface area contributed by atoms with Crippen LogP contribution in [0.5, 0.6) is 0 Å². The van der Waals surface area contributed by atoms with Crippen molar-refractivity contribution in [1.29, 1.82) is 0 Å². The molecule has 1 aliphatic carbocycles. The highest BCUT2D eigenvalue weighted by Gasteiger charge is 2.34. The quantitative estimate of drug-likeness (QED) is 0.694. The topological polar surface area (TPSA) is 99.0 Å². The average molecular weight is 359 g/mol. The number of hydrogen-bond acceptors (Lipinski definition) is 4. The van der Waals surface area contributed by atoms with E-state index in [1.54, 1.807) is 0 Å². The molecule has 0 saturated heterocycles. The molecule has 0 aliphatic heterocycles. The van der Waals surface area contributed by atoms with Crippen molar-refractivity contribution >= 4 is 17.6 Å². The number of imidazole rings is 1. The Balaban J connectivity index is 1.43. The van der Waals surface area contributed by atoms with E-state index >= 15 is 0 Å². The number of pyridine rings is 1. The second-order valence-corrected chi connectivity index (χ2v) is 6.73. The summed E-state index contributed by atoms with van der Waals surface area (Å²) >= 11 is 0. The second-order valence-electron chi connectivity index (χ2n) is 6.73. The Labute approximate surface area is 152 Å². The van der Waals surface area contributed by atoms with Gasteiger partial charge in [0.1, 0.15) is 5.65 Å². The molecule has 2 aromatic heterocycles. The summed E-state index contributed by atoms with van der Waals surface area (Å²) < 4.78 is 1.99. The second kappa shape index (κ2) is 7.74. The van der Waals surface area contributed by atoms with E-state index < -0.39 is 5.97 Å². The summed E-state index contributed by atoms with van der Waals surface area (Å²) in [4.78, 5) is 29.3. The van der Waals surface area contributed by atoms with E-state index in [0.717, 1.165) is 29.9 Å². The van der Waals surface area contributed by atoms with Crippen molar-refractivity contribution in [3.63, 3.8) is 0 Å². The van der Waals surface area contributed by atoms with Crippen molar-refractivity contribution in [2.75, 3.05) is 13.1 Å². The molecule has 26 heavy (non-hydrogen) atoms. The number of carbonyl (C=O) groups is 2. The zero-order valence-electron chi connectivity index (χ0n) is 15.1. The number of urea groups is 1. The van der Waals surface area contributed by atoms with Gasteiger partial charge in [-0.1, -0.05) is 13.0 Å². The molecule has 0 unspecified atom stereocenters. The maximum atomic E-state index is 12.1. The minimum atomic E-state index is -0.816. The van der Waals surface area contributed by atoms with Crippen LogP contribution >= 0.6 is 0 Å². The summed E-state index contributed by atoms with van der Waals surface area (Å²) in [5.74, 6) is -0.816. The van der Waals surface area contributed by atoms with Crippen LogP contribution in [0.1, 0.15) is 31.2 Å². The summed E-state index contributed by atoms with van der Waals surface area (Å²) in [5, 5.41) is 14.7. The first-order valence-corrected chi connectivity index (χ1v) is 8.90. The molecule has 2 heterocycles. The van der Waals surface area contributed by atoms with Crippen LogP contribution in [0, 0.1) is 6.92 Å². The zero-order chi connectivity index (χ0) is 18.7. The molecule has 2 aromatic rings. The number of rotatable bonds is 7. The van der Waals surface area contributed by atoms with Crippen LogP contribution in [0.3, 0.4) is 0 Å². The van der Waals surface area contributed by atoms with E-state index in [1.807, 2.05) is 47.5 Å². The van der Waals surface area contributed by atoms with Crippen molar-refractivity contribution in [3.05, 3.63) is 35.8 Å². The predicted molar refractivity (Wildman–Crippen MR) is 97.0 cm³/mol. The molecule has 0 spiro atoms. The Bertz CT molecular complexity index is 797. The van der Waals surface area contributed by atoms with Gasteiger partial charge in [0, 0.05) is 24.0 Å². The number of amides is 2. The van der Waals surface area contributed by atoms with Crippen molar-refractivity contribution in [2.45, 2.75) is 45.3 Å². The largest absolute Gasteiger partial charge is 0.480 e. The lowest BCUT2D eigenvalue weighted by molar-refractivity contribution is -0.139. The molecule has 8 heteroatoms. The normalized spacial score (nSPS) is 19.3. The number of likely N-dealkylation sites (N-methyl/N-ethyl adjacent to an activating group) is 1. The minimum Gasteiger partial charge on any atom is -0.480 e. The van der Waals surface area contributed by atoms with Crippen LogP contribution in [0.25, 0.3) is 5.65 Å². The van der Waals surface area contributed by atoms with Gasteiger partial charge in [-0.2, -0.15) is 0 Å². The number of aryl methyl sites for hydroxylation is 1. The molecule has 0 radical (unpaired) electrons. The summed E-state index contributed by atoms with van der Waals surface area (Å²) in [5.41, 5.74) is 2.76. The van der Waals surface area contributed by atoms with Gasteiger partial charge in [0.2, 0.25) is 0 Å². The Morgan fingerprint density at radius 2 is 2.15 bits per heavy atom. The number of carbonyl (C=O) groups excluding carboxylic acids is 1. The van der Waals surface area contributed by atoms with Gasteiger partial charge in [-0.25, -0.2) is 9.78 Å². The Morgan fingerprint density at radius 3 is 2.81 bits per heavy atom. The summed E-state index contributed by atoms with van der Waals surface area (Å²) in [6.45, 7) is 5.07. The first-order chi connectivity index (χ1) is 12.5. The monoisotopic (exact) mass is 359 g/mol. The van der Waals surface area contributed by atoms with E-state index in [0.29, 0.717) is 13.1 Å². The number of carboxylic acids is 1. The summed E-state index contributed by atoms with van der Waals surface area (Å²) in [7, 11) is 0. The fourth-order valence-electron chi connectivity index (χ4n) is 3.37. The molecule has 1 saturated carbocycles. The number of aliphatic carboxylic acids is 1. The van der Waals surface area contributed by atoms with Crippen LogP contribution < -0.4 is 10.6 Å². The lowest BCUT2D eigenvalue weighted by atomic mass is 9.85. The van der Waals surface area contributed by atoms with Gasteiger partial charge in [-0.05, 0) is 38.4 Å². The molecular formula is C18H25N5O3. The molecule has 8 nitrogen and oxygen atoms in total. The maximum absolute atomic E-state index is 12.1. The third-order valence-electron chi connectivity index (χ3n) is 4.89. The predicted octanol–water partition coefficient (Wildman–Crippen LogP) is 1.38. The number of nitrogens with one attached hydrogen (secondary N) is 2. The van der Waals surface area contributed by atoms with E-state index in [4.69, 9.17) is 5.11 Å². The third kappa shape index (κ3) is 4.13. The van der Waals surface area contributed by atoms with Gasteiger partial charge >= 0.3 is 12.0 Å². The molecule has 0 bridgehead atoms. The lowest BCUT2D eigenvalue weighted by Crippen LogP contribution is -2.56. The Kier molecular flexibility index (Phi) is 5.41. The summed E-state index contributed by atoms with van der Waals surface area (Å²) in [6.07, 6.45) is 3.49. The molecule has 3 rings (SSSR count). The zero-order valence-corrected chi connectivity index (χ0v) is 15.1. The number of hydrogen-bond donors (Lipinski definition) is 3. The highest BCUT2D eigenvalue weighted by Crippen LogP contribution is 2.25. The van der Waals surface area contributed by atoms with Crippen molar-refractivity contribution in [2.24, 2.45) is 0 Å². The van der Waals surface area contributed by atoms with Crippen LogP contribution in [0.4, 0.5) is 4.79 Å². The van der Waals surface area contributed by atoms with Crippen molar-refractivity contribution < 1.29 is 14.7 Å². The van der Waals surface area contributed by atoms with Crippen LogP contribution in [-0.2, 0) is 11.3 Å². The minimum absolute atomic E-state index is 0.0490. The molecule has 0 aromatic carbocycles. The molecule has 1 aliphatic rings. The van der Waals surface area contributed by atoms with Gasteiger partial charge in [0.15, 0.2) is 0 Å². The van der Waals surface area contributed by atoms with Gasteiger partial charge in [0.25, 0.3) is 0 Å². The lowest BCUT2D eigenvalue weighted by Gasteiger charge is -2.42. The van der Waals surface area contributed by atoms with Gasteiger partial charge in [-0.15, -0.1) is 0 Å². The van der Waals surface area contributed by atoms with Crippen molar-refractivity contribution in [3.8, 4) is 0 Å². The van der Waals surface area contributed by atoms with E-state index in [9.17, 15) is 9.59 Å². The third-order valence-corrected chi connectivity index (χ3v) is 4.89. The molecule has 2 amide bonds. The van der Waals surface area contributed by atoms with Crippen molar-refractivity contribution in [1.82, 2.24) is 24.9 Å². The van der Waals surface area contributed by atoms with Crippen LogP contribution in [-0.4, -0.2) is 56.6 Å². The molecule has 140 valence electrons. The molecular weight excluding hydrogens is 334 g/mol. The molecule has 0 atom stereocenters. The first-order valence-electron chi connectivity index (χ1n) is 8.90. The van der Waals surface area contributed by atoms with Gasteiger partial charge in [0.05, 0.1) is 18.8 Å². The number of fused-ring (bicyclic) bond motifs is 1. The van der Waals surface area contributed by atoms with E-state index in [1.165, 1.54) is 0 Å². The highest BCUT2D eigenvalue weighted by atomic mass is 16.4. The van der Waals surface area contributed by atoms with Crippen LogP contribution in [0.15, 0.2) is 24.4 Å². The van der Waals surface area contributed by atoms with Gasteiger partial charge in [-0.3, -0.25) is 9.69 Å². The van der Waals surface area contributed by atoms with E-state index in [-0.39, 0.29) is 24.7 Å². The number of aromatic nitrogens is 2. The molecule has 3 N–H and O–H groups in total. The number of nitrogens with zero attached hydrogens (tertiary/aromatic N) is 3. The first kappa shape index (κ1) is 18.2. The smallest absolute Gasteiger partial charge is 0.317 e.